The summed E-state index contributed by atoms with van der Waals surface area (Å²) < 4.78 is 77.7. The van der Waals surface area contributed by atoms with Crippen LogP contribution in [0.5, 0.6) is 11.5 Å². The normalized spacial score (nSPS) is 19.5. The van der Waals surface area contributed by atoms with Crippen molar-refractivity contribution in [1.29, 1.82) is 0 Å². The molecule has 1 atom stereocenters. The summed E-state index contributed by atoms with van der Waals surface area (Å²) in [5.74, 6) is 0.604. The number of nitrogens with zero attached hydrogens (tertiary/aromatic N) is 2. The first-order valence-corrected chi connectivity index (χ1v) is 9.85. The molecule has 0 aliphatic carbocycles. The second-order valence-corrected chi connectivity index (χ2v) is 8.02. The van der Waals surface area contributed by atoms with Crippen LogP contribution in [0.4, 0.5) is 13.2 Å². The van der Waals surface area contributed by atoms with Gasteiger partial charge in [-0.25, -0.2) is 0 Å². The van der Waals surface area contributed by atoms with Gasteiger partial charge >= 0.3 is 6.18 Å². The van der Waals surface area contributed by atoms with Gasteiger partial charge < -0.3 is 9.47 Å². The first-order chi connectivity index (χ1) is 13.3. The largest absolute Gasteiger partial charge is 0.486 e. The van der Waals surface area contributed by atoms with Crippen LogP contribution in [0.15, 0.2) is 58.5 Å². The number of para-hydroxylation sites is 1. The third kappa shape index (κ3) is 3.17. The zero-order valence-corrected chi connectivity index (χ0v) is 15.2. The molecule has 0 saturated carbocycles. The van der Waals surface area contributed by atoms with E-state index in [4.69, 9.17) is 9.47 Å². The Labute approximate surface area is 159 Å². The predicted molar refractivity (Wildman–Crippen MR) is 93.7 cm³/mol. The number of rotatable bonds is 3. The van der Waals surface area contributed by atoms with Gasteiger partial charge in [0.15, 0.2) is 11.5 Å². The Morgan fingerprint density at radius 2 is 1.71 bits per heavy atom. The molecule has 6 nitrogen and oxygen atoms in total. The summed E-state index contributed by atoms with van der Waals surface area (Å²) in [7, 11) is -4.31. The SMILES string of the molecule is O=S(=O)(c1ccccc1)N1N=C(C(F)(F)F)CC1c1cccc2c1OCCO2. The van der Waals surface area contributed by atoms with E-state index in [1.54, 1.807) is 18.2 Å². The van der Waals surface area contributed by atoms with E-state index in [0.29, 0.717) is 16.8 Å². The van der Waals surface area contributed by atoms with Crippen molar-refractivity contribution in [1.82, 2.24) is 4.41 Å². The summed E-state index contributed by atoms with van der Waals surface area (Å²) in [4.78, 5) is -0.144. The van der Waals surface area contributed by atoms with Crippen molar-refractivity contribution in [2.45, 2.75) is 23.5 Å². The summed E-state index contributed by atoms with van der Waals surface area (Å²) in [5, 5.41) is 3.45. The molecule has 0 fully saturated rings. The molecule has 2 aromatic rings. The lowest BCUT2D eigenvalue weighted by Crippen LogP contribution is -2.28. The maximum absolute atomic E-state index is 13.3. The van der Waals surface area contributed by atoms with Crippen LogP contribution in [0.1, 0.15) is 18.0 Å². The van der Waals surface area contributed by atoms with Crippen LogP contribution in [-0.2, 0) is 10.0 Å². The Morgan fingerprint density at radius 3 is 2.43 bits per heavy atom. The van der Waals surface area contributed by atoms with Crippen molar-refractivity contribution in [3.8, 4) is 11.5 Å². The van der Waals surface area contributed by atoms with E-state index in [-0.39, 0.29) is 22.8 Å². The number of hydrazone groups is 1. The van der Waals surface area contributed by atoms with Gasteiger partial charge in [0.1, 0.15) is 18.9 Å². The molecule has 148 valence electrons. The molecular formula is C18H15F3N2O4S. The van der Waals surface area contributed by atoms with Gasteiger partial charge in [-0.05, 0) is 18.2 Å². The number of benzene rings is 2. The summed E-state index contributed by atoms with van der Waals surface area (Å²) in [6.45, 7) is 0.520. The Bertz CT molecular complexity index is 1020. The molecule has 2 aromatic carbocycles. The smallest absolute Gasteiger partial charge is 0.431 e. The maximum atomic E-state index is 13.3. The molecule has 0 amide bonds. The third-order valence-corrected chi connectivity index (χ3v) is 6.14. The topological polar surface area (TPSA) is 68.2 Å². The van der Waals surface area contributed by atoms with Gasteiger partial charge in [-0.1, -0.05) is 30.3 Å². The summed E-state index contributed by atoms with van der Waals surface area (Å²) in [6.07, 6.45) is -5.36. The van der Waals surface area contributed by atoms with Crippen LogP contribution in [-0.4, -0.2) is 37.9 Å². The third-order valence-electron chi connectivity index (χ3n) is 4.44. The minimum atomic E-state index is -4.74. The molecule has 0 saturated heterocycles. The fraction of sp³-hybridized carbons (Fsp3) is 0.278. The van der Waals surface area contributed by atoms with Crippen LogP contribution in [0.2, 0.25) is 0 Å². The lowest BCUT2D eigenvalue weighted by molar-refractivity contribution is -0.0601. The fourth-order valence-corrected chi connectivity index (χ4v) is 4.62. The summed E-state index contributed by atoms with van der Waals surface area (Å²) in [5.41, 5.74) is -0.883. The van der Waals surface area contributed by atoms with E-state index in [9.17, 15) is 21.6 Å². The standard InChI is InChI=1S/C18H15F3N2O4S/c19-18(20,21)16-11-14(13-7-4-8-15-17(13)27-10-9-26-15)23(22-16)28(24,25)12-5-2-1-3-6-12/h1-8,14H,9-11H2. The zero-order valence-electron chi connectivity index (χ0n) is 14.4. The summed E-state index contributed by atoms with van der Waals surface area (Å²) >= 11 is 0. The first-order valence-electron chi connectivity index (χ1n) is 8.41. The molecule has 0 bridgehead atoms. The molecule has 10 heteroatoms. The first kappa shape index (κ1) is 18.6. The van der Waals surface area contributed by atoms with E-state index < -0.39 is 34.4 Å². The molecule has 28 heavy (non-hydrogen) atoms. The quantitative estimate of drug-likeness (QED) is 0.774. The number of ether oxygens (including phenoxy) is 2. The van der Waals surface area contributed by atoms with Crippen LogP contribution >= 0.6 is 0 Å². The van der Waals surface area contributed by atoms with E-state index in [1.807, 2.05) is 0 Å². The van der Waals surface area contributed by atoms with Crippen LogP contribution in [0, 0.1) is 0 Å². The highest BCUT2D eigenvalue weighted by Crippen LogP contribution is 2.45. The van der Waals surface area contributed by atoms with Crippen molar-refractivity contribution in [3.63, 3.8) is 0 Å². The molecule has 1 unspecified atom stereocenters. The number of alkyl halides is 3. The second kappa shape index (κ2) is 6.69. The van der Waals surface area contributed by atoms with Gasteiger partial charge in [0.25, 0.3) is 10.0 Å². The molecule has 2 heterocycles. The number of fused-ring (bicyclic) bond motifs is 1. The average molecular weight is 412 g/mol. The van der Waals surface area contributed by atoms with Gasteiger partial charge in [0.05, 0.1) is 10.9 Å². The number of hydrogen-bond donors (Lipinski definition) is 0. The van der Waals surface area contributed by atoms with Crippen molar-refractivity contribution in [2.75, 3.05) is 13.2 Å². The van der Waals surface area contributed by atoms with Crippen molar-refractivity contribution in [3.05, 3.63) is 54.1 Å². The van der Waals surface area contributed by atoms with E-state index >= 15 is 0 Å². The van der Waals surface area contributed by atoms with Gasteiger partial charge in [-0.2, -0.15) is 31.1 Å². The van der Waals surface area contributed by atoms with Crippen molar-refractivity contribution < 1.29 is 31.1 Å². The van der Waals surface area contributed by atoms with E-state index in [2.05, 4.69) is 5.10 Å². The van der Waals surface area contributed by atoms with Crippen LogP contribution in [0.25, 0.3) is 0 Å². The van der Waals surface area contributed by atoms with Gasteiger partial charge in [0.2, 0.25) is 0 Å². The monoisotopic (exact) mass is 412 g/mol. The fourth-order valence-electron chi connectivity index (χ4n) is 3.17. The summed E-state index contributed by atoms with van der Waals surface area (Å²) in [6, 6.07) is 10.8. The minimum absolute atomic E-state index is 0.144. The van der Waals surface area contributed by atoms with Gasteiger partial charge in [-0.3, -0.25) is 0 Å². The highest BCUT2D eigenvalue weighted by atomic mass is 32.2. The predicted octanol–water partition coefficient (Wildman–Crippen LogP) is 3.51. The molecule has 2 aliphatic heterocycles. The number of halogens is 3. The second-order valence-electron chi connectivity index (χ2n) is 6.23. The average Bonchev–Trinajstić information content (AvgIpc) is 3.15. The van der Waals surface area contributed by atoms with E-state index in [1.165, 1.54) is 30.3 Å². The van der Waals surface area contributed by atoms with E-state index in [0.717, 1.165) is 0 Å². The molecule has 0 N–H and O–H groups in total. The Kier molecular flexibility index (Phi) is 4.45. The highest BCUT2D eigenvalue weighted by Gasteiger charge is 2.47. The Morgan fingerprint density at radius 1 is 1.00 bits per heavy atom. The lowest BCUT2D eigenvalue weighted by atomic mass is 10.0. The van der Waals surface area contributed by atoms with Crippen LogP contribution in [0.3, 0.4) is 0 Å². The molecule has 4 rings (SSSR count). The lowest BCUT2D eigenvalue weighted by Gasteiger charge is -2.27. The molecule has 0 aromatic heterocycles. The minimum Gasteiger partial charge on any atom is -0.486 e. The van der Waals surface area contributed by atoms with Gasteiger partial charge in [-0.15, -0.1) is 0 Å². The maximum Gasteiger partial charge on any atom is 0.431 e. The highest BCUT2D eigenvalue weighted by molar-refractivity contribution is 7.89. The number of hydrogen-bond acceptors (Lipinski definition) is 5. The molecule has 0 radical (unpaired) electrons. The van der Waals surface area contributed by atoms with Gasteiger partial charge in [0, 0.05) is 12.0 Å². The Balaban J connectivity index is 1.83. The molecule has 2 aliphatic rings. The molecular weight excluding hydrogens is 397 g/mol. The molecule has 0 spiro atoms. The van der Waals surface area contributed by atoms with Crippen LogP contribution < -0.4 is 9.47 Å². The van der Waals surface area contributed by atoms with Crippen molar-refractivity contribution in [2.24, 2.45) is 5.10 Å². The number of sulfonamides is 1. The Hall–Kier alpha value is -2.75. The van der Waals surface area contributed by atoms with Crippen molar-refractivity contribution >= 4 is 15.7 Å². The zero-order chi connectivity index (χ0) is 19.9.